The van der Waals surface area contributed by atoms with E-state index in [0.29, 0.717) is 0 Å². The second-order valence-electron chi connectivity index (χ2n) is 5.63. The van der Waals surface area contributed by atoms with Crippen LogP contribution in [0.25, 0.3) is 16.8 Å². The normalized spacial score (nSPS) is 11.3. The zero-order chi connectivity index (χ0) is 17.1. The number of carbonyl (C=O) groups is 1. The Hall–Kier alpha value is -3.32. The van der Waals surface area contributed by atoms with Gasteiger partial charge in [0.25, 0.3) is 5.91 Å². The predicted molar refractivity (Wildman–Crippen MR) is 95.8 cm³/mol. The SMILES string of the molecule is Cc1ccc(C)n1NC(=O)/C(C#N)=C/c1cccc2ccccc12. The predicted octanol–water partition coefficient (Wildman–Crippen LogP) is 3.94. The number of rotatable bonds is 3. The van der Waals surface area contributed by atoms with Crippen molar-refractivity contribution in [2.24, 2.45) is 0 Å². The van der Waals surface area contributed by atoms with Crippen LogP contribution in [0, 0.1) is 25.2 Å². The van der Waals surface area contributed by atoms with E-state index in [4.69, 9.17) is 0 Å². The summed E-state index contributed by atoms with van der Waals surface area (Å²) in [6, 6.07) is 19.5. The minimum absolute atomic E-state index is 0.0684. The molecule has 0 unspecified atom stereocenters. The summed E-state index contributed by atoms with van der Waals surface area (Å²) < 4.78 is 1.68. The molecule has 4 nitrogen and oxygen atoms in total. The van der Waals surface area contributed by atoms with Crippen molar-refractivity contribution in [1.82, 2.24) is 4.68 Å². The Labute approximate surface area is 140 Å². The number of fused-ring (bicyclic) bond motifs is 1. The lowest BCUT2D eigenvalue weighted by atomic mass is 10.0. The van der Waals surface area contributed by atoms with Gasteiger partial charge in [0.2, 0.25) is 0 Å². The fourth-order valence-electron chi connectivity index (χ4n) is 2.69. The number of nitriles is 1. The fraction of sp³-hybridized carbons (Fsp3) is 0.100. The molecule has 0 spiro atoms. The highest BCUT2D eigenvalue weighted by molar-refractivity contribution is 6.08. The summed E-state index contributed by atoms with van der Waals surface area (Å²) in [4.78, 5) is 12.5. The van der Waals surface area contributed by atoms with E-state index < -0.39 is 5.91 Å². The summed E-state index contributed by atoms with van der Waals surface area (Å²) in [7, 11) is 0. The third-order valence-corrected chi connectivity index (χ3v) is 3.97. The van der Waals surface area contributed by atoms with Crippen molar-refractivity contribution in [3.05, 3.63) is 77.1 Å². The number of hydrogen-bond acceptors (Lipinski definition) is 2. The maximum absolute atomic E-state index is 12.5. The maximum atomic E-state index is 12.5. The van der Waals surface area contributed by atoms with Gasteiger partial charge in [0.15, 0.2) is 0 Å². The van der Waals surface area contributed by atoms with Gasteiger partial charge in [-0.2, -0.15) is 5.26 Å². The Kier molecular flexibility index (Phi) is 4.17. The number of amides is 1. The van der Waals surface area contributed by atoms with E-state index in [1.54, 1.807) is 10.8 Å². The van der Waals surface area contributed by atoms with Crippen molar-refractivity contribution in [3.63, 3.8) is 0 Å². The number of carbonyl (C=O) groups excluding carboxylic acids is 1. The molecule has 0 fully saturated rings. The average Bonchev–Trinajstić information content (AvgIpc) is 2.91. The zero-order valence-corrected chi connectivity index (χ0v) is 13.6. The molecule has 4 heteroatoms. The van der Waals surface area contributed by atoms with Crippen LogP contribution in [0.3, 0.4) is 0 Å². The Bertz CT molecular complexity index is 965. The number of nitrogens with one attached hydrogen (secondary N) is 1. The maximum Gasteiger partial charge on any atom is 0.280 e. The highest BCUT2D eigenvalue weighted by Gasteiger charge is 2.12. The summed E-state index contributed by atoms with van der Waals surface area (Å²) in [5.41, 5.74) is 5.49. The van der Waals surface area contributed by atoms with Crippen LogP contribution in [0.1, 0.15) is 17.0 Å². The topological polar surface area (TPSA) is 57.8 Å². The summed E-state index contributed by atoms with van der Waals surface area (Å²) in [6.45, 7) is 3.79. The van der Waals surface area contributed by atoms with Crippen molar-refractivity contribution in [1.29, 1.82) is 5.26 Å². The molecule has 1 amide bonds. The van der Waals surface area contributed by atoms with Crippen LogP contribution in [-0.2, 0) is 4.79 Å². The van der Waals surface area contributed by atoms with Crippen LogP contribution in [-0.4, -0.2) is 10.6 Å². The second kappa shape index (κ2) is 6.43. The molecule has 0 aliphatic rings. The first-order valence-electron chi connectivity index (χ1n) is 7.66. The van der Waals surface area contributed by atoms with E-state index in [0.717, 1.165) is 27.7 Å². The number of benzene rings is 2. The van der Waals surface area contributed by atoms with Crippen molar-refractivity contribution >= 4 is 22.8 Å². The van der Waals surface area contributed by atoms with Gasteiger partial charge in [0.05, 0.1) is 0 Å². The molecule has 118 valence electrons. The fourth-order valence-corrected chi connectivity index (χ4v) is 2.69. The highest BCUT2D eigenvalue weighted by atomic mass is 16.2. The van der Waals surface area contributed by atoms with Gasteiger partial charge in [0, 0.05) is 11.4 Å². The number of aromatic nitrogens is 1. The largest absolute Gasteiger partial charge is 0.280 e. The van der Waals surface area contributed by atoms with Crippen molar-refractivity contribution in [3.8, 4) is 6.07 Å². The van der Waals surface area contributed by atoms with Gasteiger partial charge in [0.1, 0.15) is 11.6 Å². The van der Waals surface area contributed by atoms with Crippen LogP contribution < -0.4 is 5.43 Å². The molecule has 1 heterocycles. The third-order valence-electron chi connectivity index (χ3n) is 3.97. The molecular weight excluding hydrogens is 298 g/mol. The lowest BCUT2D eigenvalue weighted by Crippen LogP contribution is -2.25. The molecule has 0 atom stereocenters. The molecule has 0 bridgehead atoms. The van der Waals surface area contributed by atoms with Crippen LogP contribution in [0.2, 0.25) is 0 Å². The molecule has 1 aromatic heterocycles. The summed E-state index contributed by atoms with van der Waals surface area (Å²) in [5, 5.41) is 11.5. The summed E-state index contributed by atoms with van der Waals surface area (Å²) >= 11 is 0. The molecule has 2 aromatic carbocycles. The zero-order valence-electron chi connectivity index (χ0n) is 13.6. The van der Waals surface area contributed by atoms with E-state index in [1.807, 2.05) is 74.5 Å². The van der Waals surface area contributed by atoms with Gasteiger partial charge in [-0.25, -0.2) is 0 Å². The molecule has 0 saturated carbocycles. The molecule has 1 N–H and O–H groups in total. The molecule has 24 heavy (non-hydrogen) atoms. The van der Waals surface area contributed by atoms with E-state index >= 15 is 0 Å². The van der Waals surface area contributed by atoms with E-state index in [1.165, 1.54) is 0 Å². The van der Waals surface area contributed by atoms with Crippen molar-refractivity contribution < 1.29 is 4.79 Å². The second-order valence-corrected chi connectivity index (χ2v) is 5.63. The summed E-state index contributed by atoms with van der Waals surface area (Å²) in [5.74, 6) is -0.423. The van der Waals surface area contributed by atoms with Gasteiger partial charge in [-0.15, -0.1) is 0 Å². The Morgan fingerprint density at radius 1 is 1.04 bits per heavy atom. The van der Waals surface area contributed by atoms with E-state index in [9.17, 15) is 10.1 Å². The van der Waals surface area contributed by atoms with Crippen LogP contribution in [0.15, 0.2) is 60.2 Å². The number of aryl methyl sites for hydroxylation is 2. The lowest BCUT2D eigenvalue weighted by Gasteiger charge is -2.10. The first-order valence-corrected chi connectivity index (χ1v) is 7.66. The molecule has 0 radical (unpaired) electrons. The smallest absolute Gasteiger partial charge is 0.267 e. The van der Waals surface area contributed by atoms with Crippen molar-refractivity contribution in [2.75, 3.05) is 5.43 Å². The van der Waals surface area contributed by atoms with Crippen LogP contribution in [0.4, 0.5) is 0 Å². The highest BCUT2D eigenvalue weighted by Crippen LogP contribution is 2.21. The van der Waals surface area contributed by atoms with Gasteiger partial charge in [-0.3, -0.25) is 14.9 Å². The van der Waals surface area contributed by atoms with Gasteiger partial charge in [-0.05, 0) is 48.4 Å². The molecular formula is C20H17N3O. The average molecular weight is 315 g/mol. The molecule has 3 aromatic rings. The monoisotopic (exact) mass is 315 g/mol. The number of hydrogen-bond donors (Lipinski definition) is 1. The van der Waals surface area contributed by atoms with Crippen LogP contribution >= 0.6 is 0 Å². The Balaban J connectivity index is 1.97. The molecule has 3 rings (SSSR count). The molecule has 0 aliphatic carbocycles. The van der Waals surface area contributed by atoms with Crippen molar-refractivity contribution in [2.45, 2.75) is 13.8 Å². The molecule has 0 saturated heterocycles. The van der Waals surface area contributed by atoms with Crippen LogP contribution in [0.5, 0.6) is 0 Å². The first-order chi connectivity index (χ1) is 11.6. The Morgan fingerprint density at radius 3 is 2.42 bits per heavy atom. The van der Waals surface area contributed by atoms with Gasteiger partial charge >= 0.3 is 0 Å². The van der Waals surface area contributed by atoms with E-state index in [-0.39, 0.29) is 5.57 Å². The van der Waals surface area contributed by atoms with Gasteiger partial charge < -0.3 is 0 Å². The number of nitrogens with zero attached hydrogens (tertiary/aromatic N) is 2. The summed E-state index contributed by atoms with van der Waals surface area (Å²) in [6.07, 6.45) is 1.63. The Morgan fingerprint density at radius 2 is 1.71 bits per heavy atom. The quantitative estimate of drug-likeness (QED) is 0.588. The lowest BCUT2D eigenvalue weighted by molar-refractivity contribution is -0.113. The van der Waals surface area contributed by atoms with E-state index in [2.05, 4.69) is 5.43 Å². The minimum Gasteiger partial charge on any atom is -0.267 e. The standard InChI is InChI=1S/C20H17N3O/c1-14-10-11-15(2)23(14)22-20(24)18(13-21)12-17-8-5-7-16-6-3-4-9-19(16)17/h3-12H,1-2H3,(H,22,24)/b18-12+. The minimum atomic E-state index is -0.423. The third kappa shape index (κ3) is 2.92. The molecule has 0 aliphatic heterocycles. The van der Waals surface area contributed by atoms with Gasteiger partial charge in [-0.1, -0.05) is 42.5 Å². The first kappa shape index (κ1) is 15.6.